The van der Waals surface area contributed by atoms with Crippen molar-refractivity contribution in [1.82, 2.24) is 5.32 Å². The molecular formula is C25H37NO10. The summed E-state index contributed by atoms with van der Waals surface area (Å²) in [4.78, 5) is 47.9. The maximum absolute atomic E-state index is 12.3. The first-order chi connectivity index (χ1) is 17.1. The maximum atomic E-state index is 12.3. The predicted molar refractivity (Wildman–Crippen MR) is 129 cm³/mol. The fourth-order valence-electron chi connectivity index (χ4n) is 2.68. The van der Waals surface area contributed by atoms with Gasteiger partial charge in [-0.3, -0.25) is 9.59 Å². The zero-order valence-electron chi connectivity index (χ0n) is 21.8. The van der Waals surface area contributed by atoms with Crippen molar-refractivity contribution in [1.29, 1.82) is 0 Å². The van der Waals surface area contributed by atoms with Gasteiger partial charge in [0.25, 0.3) is 0 Å². The van der Waals surface area contributed by atoms with E-state index in [4.69, 9.17) is 28.4 Å². The zero-order valence-corrected chi connectivity index (χ0v) is 21.8. The molecule has 0 bridgehead atoms. The Kier molecular flexibility index (Phi) is 13.9. The first kappa shape index (κ1) is 30.7. The molecule has 1 aromatic carbocycles. The largest absolute Gasteiger partial charge is 0.514 e. The van der Waals surface area contributed by atoms with Gasteiger partial charge in [-0.2, -0.15) is 0 Å². The summed E-state index contributed by atoms with van der Waals surface area (Å²) in [5, 5.41) is 2.98. The summed E-state index contributed by atoms with van der Waals surface area (Å²) in [6.45, 7) is 9.12. The van der Waals surface area contributed by atoms with Crippen LogP contribution in [-0.4, -0.2) is 62.8 Å². The van der Waals surface area contributed by atoms with Crippen molar-refractivity contribution in [2.45, 2.75) is 78.6 Å². The van der Waals surface area contributed by atoms with Crippen molar-refractivity contribution in [3.05, 3.63) is 23.8 Å². The van der Waals surface area contributed by atoms with Crippen molar-refractivity contribution < 1.29 is 47.6 Å². The highest BCUT2D eigenvalue weighted by Crippen LogP contribution is 2.30. The summed E-state index contributed by atoms with van der Waals surface area (Å²) in [6, 6.07) is 3.71. The van der Waals surface area contributed by atoms with Gasteiger partial charge in [-0.25, -0.2) is 9.59 Å². The number of benzene rings is 1. The average molecular weight is 512 g/mol. The standard InChI is InChI=1S/C25H37NO10/c1-7-16(4)33-24(29)35-20-11-10-18(15-21(20)36-25(30)34-17(5)8-2)14-19(23(28)31-6)26-12-13-32-22(27)9-3/h10-11,15-17,19,26H,7-9,12-14H2,1-6H3/t16?,17?,19-/m0/s1. The minimum absolute atomic E-state index is 0.0535. The topological polar surface area (TPSA) is 136 Å². The van der Waals surface area contributed by atoms with Gasteiger partial charge in [-0.1, -0.05) is 26.8 Å². The molecule has 0 radical (unpaired) electrons. The third-order valence-electron chi connectivity index (χ3n) is 5.11. The molecule has 11 heteroatoms. The second-order valence-electron chi connectivity index (χ2n) is 7.97. The molecule has 202 valence electrons. The van der Waals surface area contributed by atoms with Crippen LogP contribution in [-0.2, 0) is 35.0 Å². The van der Waals surface area contributed by atoms with Gasteiger partial charge in [-0.15, -0.1) is 0 Å². The SMILES string of the molecule is CCC(=O)OCCN[C@@H](Cc1ccc(OC(=O)OC(C)CC)c(OC(=O)OC(C)CC)c1)C(=O)OC. The Morgan fingerprint density at radius 2 is 1.47 bits per heavy atom. The van der Waals surface area contributed by atoms with E-state index in [0.717, 1.165) is 0 Å². The fourth-order valence-corrected chi connectivity index (χ4v) is 2.68. The van der Waals surface area contributed by atoms with Crippen LogP contribution < -0.4 is 14.8 Å². The average Bonchev–Trinajstić information content (AvgIpc) is 2.86. The van der Waals surface area contributed by atoms with E-state index in [9.17, 15) is 19.2 Å². The lowest BCUT2D eigenvalue weighted by Gasteiger charge is -2.18. The zero-order chi connectivity index (χ0) is 27.1. The summed E-state index contributed by atoms with van der Waals surface area (Å²) < 4.78 is 30.7. The quantitative estimate of drug-likeness (QED) is 0.168. The molecule has 0 spiro atoms. The van der Waals surface area contributed by atoms with Crippen LogP contribution in [0.5, 0.6) is 11.5 Å². The van der Waals surface area contributed by atoms with Gasteiger partial charge in [0, 0.05) is 13.0 Å². The lowest BCUT2D eigenvalue weighted by atomic mass is 10.1. The van der Waals surface area contributed by atoms with E-state index in [1.54, 1.807) is 26.8 Å². The second-order valence-corrected chi connectivity index (χ2v) is 7.97. The highest BCUT2D eigenvalue weighted by atomic mass is 16.7. The van der Waals surface area contributed by atoms with Crippen molar-refractivity contribution in [3.8, 4) is 11.5 Å². The van der Waals surface area contributed by atoms with Crippen LogP contribution in [0, 0.1) is 0 Å². The number of rotatable bonds is 14. The molecule has 1 aromatic rings. The molecule has 2 unspecified atom stereocenters. The second kappa shape index (κ2) is 16.4. The molecule has 1 rings (SSSR count). The molecule has 11 nitrogen and oxygen atoms in total. The summed E-state index contributed by atoms with van der Waals surface area (Å²) in [5.41, 5.74) is 0.567. The number of hydrogen-bond acceptors (Lipinski definition) is 11. The van der Waals surface area contributed by atoms with Gasteiger partial charge < -0.3 is 33.7 Å². The Bertz CT molecular complexity index is 872. The fraction of sp³-hybridized carbons (Fsp3) is 0.600. The summed E-state index contributed by atoms with van der Waals surface area (Å²) in [7, 11) is 1.26. The Balaban J connectivity index is 3.06. The smallest absolute Gasteiger partial charge is 0.468 e. The van der Waals surface area contributed by atoms with Crippen LogP contribution >= 0.6 is 0 Å². The highest BCUT2D eigenvalue weighted by molar-refractivity contribution is 5.76. The van der Waals surface area contributed by atoms with E-state index in [0.29, 0.717) is 18.4 Å². The van der Waals surface area contributed by atoms with Crippen LogP contribution in [0.2, 0.25) is 0 Å². The van der Waals surface area contributed by atoms with E-state index in [2.05, 4.69) is 5.32 Å². The monoisotopic (exact) mass is 511 g/mol. The number of carbonyl (C=O) groups is 4. The van der Waals surface area contributed by atoms with Crippen LogP contribution in [0.15, 0.2) is 18.2 Å². The van der Waals surface area contributed by atoms with Crippen molar-refractivity contribution in [2.24, 2.45) is 0 Å². The minimum Gasteiger partial charge on any atom is -0.468 e. The molecule has 0 aromatic heterocycles. The van der Waals surface area contributed by atoms with Crippen LogP contribution in [0.4, 0.5) is 9.59 Å². The van der Waals surface area contributed by atoms with Crippen molar-refractivity contribution in [2.75, 3.05) is 20.3 Å². The number of methoxy groups -OCH3 is 1. The van der Waals surface area contributed by atoms with Crippen molar-refractivity contribution in [3.63, 3.8) is 0 Å². The number of ether oxygens (including phenoxy) is 6. The molecule has 36 heavy (non-hydrogen) atoms. The van der Waals surface area contributed by atoms with Crippen molar-refractivity contribution >= 4 is 24.2 Å². The Hall–Kier alpha value is -3.34. The molecule has 0 fully saturated rings. The van der Waals surface area contributed by atoms with Crippen LogP contribution in [0.3, 0.4) is 0 Å². The van der Waals surface area contributed by atoms with Gasteiger partial charge in [0.05, 0.1) is 7.11 Å². The first-order valence-corrected chi connectivity index (χ1v) is 12.0. The molecule has 0 aliphatic heterocycles. The summed E-state index contributed by atoms with van der Waals surface area (Å²) in [5.74, 6) is -1.02. The van der Waals surface area contributed by atoms with E-state index < -0.39 is 24.3 Å². The molecule has 1 N–H and O–H groups in total. The van der Waals surface area contributed by atoms with Crippen LogP contribution in [0.25, 0.3) is 0 Å². The third kappa shape index (κ3) is 11.4. The Morgan fingerprint density at radius 3 is 2.00 bits per heavy atom. The van der Waals surface area contributed by atoms with E-state index in [-0.39, 0.29) is 55.7 Å². The number of esters is 2. The van der Waals surface area contributed by atoms with Gasteiger partial charge in [0.2, 0.25) is 0 Å². The highest BCUT2D eigenvalue weighted by Gasteiger charge is 2.23. The van der Waals surface area contributed by atoms with E-state index in [1.165, 1.54) is 19.2 Å². The Labute approximate surface area is 211 Å². The third-order valence-corrected chi connectivity index (χ3v) is 5.11. The molecular weight excluding hydrogens is 474 g/mol. The minimum atomic E-state index is -0.970. The predicted octanol–water partition coefficient (Wildman–Crippen LogP) is 3.94. The first-order valence-electron chi connectivity index (χ1n) is 12.0. The molecule has 0 aliphatic carbocycles. The van der Waals surface area contributed by atoms with E-state index >= 15 is 0 Å². The lowest BCUT2D eigenvalue weighted by molar-refractivity contribution is -0.143. The Morgan fingerprint density at radius 1 is 0.889 bits per heavy atom. The molecule has 0 saturated heterocycles. The molecule has 0 saturated carbocycles. The molecule has 0 heterocycles. The van der Waals surface area contributed by atoms with Gasteiger partial charge in [0.1, 0.15) is 24.9 Å². The number of hydrogen-bond donors (Lipinski definition) is 1. The van der Waals surface area contributed by atoms with Gasteiger partial charge in [-0.05, 0) is 50.8 Å². The molecule has 0 aliphatic rings. The normalized spacial score (nSPS) is 13.1. The van der Waals surface area contributed by atoms with E-state index in [1.807, 2.05) is 13.8 Å². The molecule has 0 amide bonds. The lowest BCUT2D eigenvalue weighted by Crippen LogP contribution is -2.41. The van der Waals surface area contributed by atoms with Gasteiger partial charge in [0.15, 0.2) is 11.5 Å². The molecule has 3 atom stereocenters. The summed E-state index contributed by atoms with van der Waals surface area (Å²) in [6.07, 6.45) is -1.09. The van der Waals surface area contributed by atoms with Gasteiger partial charge >= 0.3 is 24.2 Å². The number of nitrogens with one attached hydrogen (secondary N) is 1. The summed E-state index contributed by atoms with van der Waals surface area (Å²) >= 11 is 0. The maximum Gasteiger partial charge on any atom is 0.514 e. The van der Waals surface area contributed by atoms with Crippen LogP contribution in [0.1, 0.15) is 59.4 Å². The number of carbonyl (C=O) groups excluding carboxylic acids is 4.